The molecular formula is C11H13NSe. The van der Waals surface area contributed by atoms with Gasteiger partial charge in [-0.3, -0.25) is 0 Å². The van der Waals surface area contributed by atoms with E-state index in [1.807, 2.05) is 7.05 Å². The Bertz CT molecular complexity index is 392. The number of rotatable bonds is 3. The van der Waals surface area contributed by atoms with E-state index in [-0.39, 0.29) is 0 Å². The van der Waals surface area contributed by atoms with Crippen molar-refractivity contribution in [2.75, 3.05) is 13.6 Å². The van der Waals surface area contributed by atoms with Gasteiger partial charge >= 0.3 is 84.2 Å². The summed E-state index contributed by atoms with van der Waals surface area (Å²) in [7, 11) is 2.01. The Morgan fingerprint density at radius 3 is 3.00 bits per heavy atom. The van der Waals surface area contributed by atoms with Crippen molar-refractivity contribution in [2.45, 2.75) is 6.42 Å². The van der Waals surface area contributed by atoms with E-state index in [1.54, 1.807) is 4.26 Å². The molecule has 0 fully saturated rings. The van der Waals surface area contributed by atoms with Gasteiger partial charge in [0.1, 0.15) is 0 Å². The number of nitrogens with one attached hydrogen (secondary N) is 1. The van der Waals surface area contributed by atoms with E-state index in [4.69, 9.17) is 0 Å². The third kappa shape index (κ3) is 1.86. The second-order valence-electron chi connectivity index (χ2n) is 3.11. The fourth-order valence-corrected chi connectivity index (χ4v) is 3.58. The zero-order valence-electron chi connectivity index (χ0n) is 7.71. The van der Waals surface area contributed by atoms with Gasteiger partial charge < -0.3 is 0 Å². The molecule has 1 aromatic carbocycles. The first-order valence-electron chi connectivity index (χ1n) is 4.51. The van der Waals surface area contributed by atoms with Gasteiger partial charge in [0.15, 0.2) is 0 Å². The molecule has 0 spiro atoms. The van der Waals surface area contributed by atoms with Crippen molar-refractivity contribution >= 4 is 24.1 Å². The predicted octanol–water partition coefficient (Wildman–Crippen LogP) is 1.66. The maximum absolute atomic E-state index is 3.19. The van der Waals surface area contributed by atoms with E-state index in [0.717, 1.165) is 13.0 Å². The molecule has 13 heavy (non-hydrogen) atoms. The third-order valence-corrected chi connectivity index (χ3v) is 4.33. The van der Waals surface area contributed by atoms with Crippen molar-refractivity contribution in [1.29, 1.82) is 0 Å². The number of likely N-dealkylation sites (N-methyl/N-ethyl adjacent to an activating group) is 1. The van der Waals surface area contributed by atoms with Crippen LogP contribution in [0.3, 0.4) is 0 Å². The maximum atomic E-state index is 3.19. The van der Waals surface area contributed by atoms with Crippen LogP contribution in [0.2, 0.25) is 0 Å². The van der Waals surface area contributed by atoms with E-state index in [2.05, 4.69) is 34.5 Å². The van der Waals surface area contributed by atoms with Gasteiger partial charge in [0.05, 0.1) is 0 Å². The summed E-state index contributed by atoms with van der Waals surface area (Å²) in [6.45, 7) is 1.08. The first-order chi connectivity index (χ1) is 6.42. The van der Waals surface area contributed by atoms with Crippen LogP contribution in [0.4, 0.5) is 0 Å². The van der Waals surface area contributed by atoms with Gasteiger partial charge in [-0.2, -0.15) is 0 Å². The van der Waals surface area contributed by atoms with Crippen LogP contribution in [0.5, 0.6) is 0 Å². The first kappa shape index (κ1) is 9.01. The zero-order valence-corrected chi connectivity index (χ0v) is 9.42. The molecule has 1 aromatic heterocycles. The average molecular weight is 238 g/mol. The molecule has 0 aliphatic heterocycles. The molecule has 2 rings (SSSR count). The van der Waals surface area contributed by atoms with E-state index in [9.17, 15) is 0 Å². The number of fused-ring (bicyclic) bond motifs is 1. The first-order valence-corrected chi connectivity index (χ1v) is 6.36. The van der Waals surface area contributed by atoms with Gasteiger partial charge in [-0.15, -0.1) is 0 Å². The molecule has 2 heteroatoms. The van der Waals surface area contributed by atoms with Crippen molar-refractivity contribution in [2.24, 2.45) is 0 Å². The van der Waals surface area contributed by atoms with E-state index in [1.165, 1.54) is 10.9 Å². The second-order valence-corrected chi connectivity index (χ2v) is 5.02. The predicted molar refractivity (Wildman–Crippen MR) is 58.5 cm³/mol. The fraction of sp³-hybridized carbons (Fsp3) is 0.273. The molecule has 68 valence electrons. The molecule has 0 amide bonds. The van der Waals surface area contributed by atoms with Crippen LogP contribution >= 0.6 is 0 Å². The molecule has 0 saturated heterocycles. The fourth-order valence-electron chi connectivity index (χ4n) is 1.49. The van der Waals surface area contributed by atoms with E-state index < -0.39 is 0 Å². The van der Waals surface area contributed by atoms with E-state index >= 15 is 0 Å². The molecule has 0 aliphatic rings. The Morgan fingerprint density at radius 2 is 2.15 bits per heavy atom. The van der Waals surface area contributed by atoms with Crippen molar-refractivity contribution in [1.82, 2.24) is 5.32 Å². The molecule has 1 N–H and O–H groups in total. The van der Waals surface area contributed by atoms with Crippen LogP contribution in [0.25, 0.3) is 9.65 Å². The molecule has 1 heterocycles. The Hall–Kier alpha value is -0.561. The molecule has 2 aromatic rings. The van der Waals surface area contributed by atoms with Crippen LogP contribution < -0.4 is 5.32 Å². The Labute approximate surface area is 84.5 Å². The van der Waals surface area contributed by atoms with Gasteiger partial charge in [0, 0.05) is 0 Å². The monoisotopic (exact) mass is 239 g/mol. The molecule has 0 atom stereocenters. The molecule has 0 bridgehead atoms. The summed E-state index contributed by atoms with van der Waals surface area (Å²) in [5.41, 5.74) is 1.53. The van der Waals surface area contributed by atoms with Crippen molar-refractivity contribution < 1.29 is 0 Å². The van der Waals surface area contributed by atoms with Gasteiger partial charge in [-0.25, -0.2) is 0 Å². The minimum atomic E-state index is 0.583. The van der Waals surface area contributed by atoms with Crippen LogP contribution in [0.15, 0.2) is 29.2 Å². The summed E-state index contributed by atoms with van der Waals surface area (Å²) in [6, 6.07) is 8.76. The normalized spacial score (nSPS) is 10.8. The van der Waals surface area contributed by atoms with Gasteiger partial charge in [0.25, 0.3) is 0 Å². The van der Waals surface area contributed by atoms with E-state index in [0.29, 0.717) is 14.5 Å². The Morgan fingerprint density at radius 1 is 1.31 bits per heavy atom. The second kappa shape index (κ2) is 4.10. The van der Waals surface area contributed by atoms with Gasteiger partial charge in [-0.05, 0) is 0 Å². The molecule has 0 radical (unpaired) electrons. The zero-order chi connectivity index (χ0) is 9.10. The number of hydrogen-bond acceptors (Lipinski definition) is 1. The van der Waals surface area contributed by atoms with Crippen LogP contribution in [0.1, 0.15) is 5.56 Å². The van der Waals surface area contributed by atoms with Crippen molar-refractivity contribution in [3.8, 4) is 0 Å². The third-order valence-electron chi connectivity index (χ3n) is 2.21. The number of hydrogen-bond donors (Lipinski definition) is 1. The molecule has 1 nitrogen and oxygen atoms in total. The molecular weight excluding hydrogens is 225 g/mol. The molecule has 0 aliphatic carbocycles. The summed E-state index contributed by atoms with van der Waals surface area (Å²) in [6.07, 6.45) is 1.16. The van der Waals surface area contributed by atoms with Gasteiger partial charge in [0.2, 0.25) is 0 Å². The minimum absolute atomic E-state index is 0.583. The Balaban J connectivity index is 2.35. The van der Waals surface area contributed by atoms with Crippen molar-refractivity contribution in [3.63, 3.8) is 0 Å². The van der Waals surface area contributed by atoms with Crippen LogP contribution in [-0.4, -0.2) is 28.1 Å². The summed E-state index contributed by atoms with van der Waals surface area (Å²) >= 11 is 0.583. The van der Waals surface area contributed by atoms with Crippen LogP contribution in [0, 0.1) is 0 Å². The quantitative estimate of drug-likeness (QED) is 0.802. The van der Waals surface area contributed by atoms with Crippen LogP contribution in [-0.2, 0) is 6.42 Å². The average Bonchev–Trinajstić information content (AvgIpc) is 2.58. The SMILES string of the molecule is CNCCc1c[se]c2ccccc12. The number of benzene rings is 1. The topological polar surface area (TPSA) is 12.0 Å². The summed E-state index contributed by atoms with van der Waals surface area (Å²) in [4.78, 5) is 2.41. The summed E-state index contributed by atoms with van der Waals surface area (Å²) < 4.78 is 1.54. The summed E-state index contributed by atoms with van der Waals surface area (Å²) in [5.74, 6) is 0. The summed E-state index contributed by atoms with van der Waals surface area (Å²) in [5, 5.41) is 4.68. The van der Waals surface area contributed by atoms with Crippen molar-refractivity contribution in [3.05, 3.63) is 34.8 Å². The standard InChI is InChI=1S/C11H13NSe/c1-12-7-6-9-8-13-11-5-3-2-4-10(9)11/h2-5,8,12H,6-7H2,1H3. The van der Waals surface area contributed by atoms with Gasteiger partial charge in [-0.1, -0.05) is 0 Å². The Kier molecular flexibility index (Phi) is 2.84. The molecule has 0 unspecified atom stereocenters. The molecule has 0 saturated carbocycles.